The average molecular weight is 310 g/mol. The van der Waals surface area contributed by atoms with Crippen LogP contribution < -0.4 is 16.4 Å². The van der Waals surface area contributed by atoms with E-state index in [0.29, 0.717) is 12.6 Å². The molecule has 0 aromatic carbocycles. The van der Waals surface area contributed by atoms with Gasteiger partial charge in [0.25, 0.3) is 0 Å². The molecular weight excluding hydrogens is 288 g/mol. The Morgan fingerprint density at radius 1 is 1.43 bits per heavy atom. The van der Waals surface area contributed by atoms with Crippen LogP contribution in [0.5, 0.6) is 0 Å². The summed E-state index contributed by atoms with van der Waals surface area (Å²) in [5.74, 6) is -0.311. The molecule has 1 aliphatic heterocycles. The fourth-order valence-corrected chi connectivity index (χ4v) is 3.31. The highest BCUT2D eigenvalue weighted by Gasteiger charge is 2.20. The molecule has 2 rings (SSSR count). The number of piperidine rings is 1. The summed E-state index contributed by atoms with van der Waals surface area (Å²) < 4.78 is 0. The quantitative estimate of drug-likeness (QED) is 0.723. The minimum absolute atomic E-state index is 0.0468. The number of thiophene rings is 1. The van der Waals surface area contributed by atoms with Gasteiger partial charge in [-0.25, -0.2) is 0 Å². The van der Waals surface area contributed by atoms with Crippen molar-refractivity contribution >= 4 is 28.8 Å². The summed E-state index contributed by atoms with van der Waals surface area (Å²) in [5, 5.41) is 8.35. The monoisotopic (exact) mass is 310 g/mol. The first-order valence-electron chi connectivity index (χ1n) is 7.12. The number of likely N-dealkylation sites (tertiary alicyclic amines) is 1. The van der Waals surface area contributed by atoms with Gasteiger partial charge in [-0.2, -0.15) is 0 Å². The zero-order valence-corrected chi connectivity index (χ0v) is 13.0. The normalized spacial score (nSPS) is 16.8. The molecule has 1 aromatic rings. The van der Waals surface area contributed by atoms with E-state index in [9.17, 15) is 9.59 Å². The molecule has 0 unspecified atom stereocenters. The van der Waals surface area contributed by atoms with Crippen LogP contribution in [0.1, 0.15) is 24.6 Å². The third-order valence-electron chi connectivity index (χ3n) is 3.57. The van der Waals surface area contributed by atoms with Gasteiger partial charge < -0.3 is 16.4 Å². The first kappa shape index (κ1) is 15.9. The molecule has 0 aliphatic carbocycles. The molecular formula is C14H22N4O2S. The van der Waals surface area contributed by atoms with Crippen molar-refractivity contribution in [3.05, 3.63) is 16.3 Å². The maximum absolute atomic E-state index is 11.1. The maximum atomic E-state index is 11.1. The molecule has 4 N–H and O–H groups in total. The van der Waals surface area contributed by atoms with Crippen LogP contribution in [-0.4, -0.2) is 42.4 Å². The van der Waals surface area contributed by atoms with E-state index in [-0.39, 0.29) is 11.8 Å². The molecule has 1 saturated heterocycles. The first-order valence-corrected chi connectivity index (χ1v) is 8.00. The summed E-state index contributed by atoms with van der Waals surface area (Å²) in [6.07, 6.45) is 2.02. The molecule has 116 valence electrons. The van der Waals surface area contributed by atoms with Crippen molar-refractivity contribution in [1.29, 1.82) is 0 Å². The average Bonchev–Trinajstić information content (AvgIpc) is 2.84. The number of rotatable bonds is 6. The van der Waals surface area contributed by atoms with Gasteiger partial charge in [0.2, 0.25) is 11.8 Å². The highest BCUT2D eigenvalue weighted by atomic mass is 32.1. The van der Waals surface area contributed by atoms with Crippen LogP contribution in [0.4, 0.5) is 5.69 Å². The summed E-state index contributed by atoms with van der Waals surface area (Å²) in [5.41, 5.74) is 6.10. The summed E-state index contributed by atoms with van der Waals surface area (Å²) >= 11 is 1.64. The highest BCUT2D eigenvalue weighted by Crippen LogP contribution is 2.22. The summed E-state index contributed by atoms with van der Waals surface area (Å²) in [6, 6.07) is 2.37. The Morgan fingerprint density at radius 2 is 2.14 bits per heavy atom. The topological polar surface area (TPSA) is 87.5 Å². The molecule has 1 aromatic heterocycles. The Kier molecular flexibility index (Phi) is 5.72. The Bertz CT molecular complexity index is 495. The largest absolute Gasteiger partial charge is 0.369 e. The SMILES string of the molecule is CC(=O)Nc1ccsc1CNC1CCN(CC(N)=O)CC1. The van der Waals surface area contributed by atoms with Crippen molar-refractivity contribution < 1.29 is 9.59 Å². The number of primary amides is 1. The summed E-state index contributed by atoms with van der Waals surface area (Å²) in [6.45, 7) is 4.41. The minimum Gasteiger partial charge on any atom is -0.369 e. The number of anilines is 1. The van der Waals surface area contributed by atoms with Crippen LogP contribution in [0.25, 0.3) is 0 Å². The maximum Gasteiger partial charge on any atom is 0.231 e. The fourth-order valence-electron chi connectivity index (χ4n) is 2.53. The van der Waals surface area contributed by atoms with Crippen molar-refractivity contribution in [2.45, 2.75) is 32.4 Å². The second-order valence-electron chi connectivity index (χ2n) is 5.34. The van der Waals surface area contributed by atoms with Crippen molar-refractivity contribution in [3.63, 3.8) is 0 Å². The molecule has 0 saturated carbocycles. The number of nitrogens with one attached hydrogen (secondary N) is 2. The second-order valence-corrected chi connectivity index (χ2v) is 6.34. The van der Waals surface area contributed by atoms with E-state index >= 15 is 0 Å². The molecule has 2 heterocycles. The van der Waals surface area contributed by atoms with Gasteiger partial charge in [0.1, 0.15) is 0 Å². The van der Waals surface area contributed by atoms with Crippen LogP contribution >= 0.6 is 11.3 Å². The lowest BCUT2D eigenvalue weighted by molar-refractivity contribution is -0.119. The van der Waals surface area contributed by atoms with E-state index < -0.39 is 0 Å². The van der Waals surface area contributed by atoms with Crippen LogP contribution in [0.15, 0.2) is 11.4 Å². The van der Waals surface area contributed by atoms with Gasteiger partial charge in [-0.05, 0) is 24.3 Å². The van der Waals surface area contributed by atoms with Gasteiger partial charge in [-0.1, -0.05) is 0 Å². The van der Waals surface area contributed by atoms with Gasteiger partial charge >= 0.3 is 0 Å². The fraction of sp³-hybridized carbons (Fsp3) is 0.571. The van der Waals surface area contributed by atoms with E-state index in [1.165, 1.54) is 6.92 Å². The Morgan fingerprint density at radius 3 is 2.76 bits per heavy atom. The number of hydrogen-bond acceptors (Lipinski definition) is 5. The lowest BCUT2D eigenvalue weighted by Gasteiger charge is -2.31. The molecule has 0 radical (unpaired) electrons. The van der Waals surface area contributed by atoms with Gasteiger partial charge in [0, 0.05) is 37.5 Å². The Balaban J connectivity index is 1.76. The van der Waals surface area contributed by atoms with Crippen molar-refractivity contribution in [1.82, 2.24) is 10.2 Å². The number of hydrogen-bond donors (Lipinski definition) is 3. The Labute approximate surface area is 128 Å². The van der Waals surface area contributed by atoms with E-state index in [4.69, 9.17) is 5.73 Å². The van der Waals surface area contributed by atoms with Crippen molar-refractivity contribution in [2.24, 2.45) is 5.73 Å². The molecule has 6 nitrogen and oxygen atoms in total. The molecule has 2 amide bonds. The molecule has 0 spiro atoms. The standard InChI is InChI=1S/C14H22N4O2S/c1-10(19)17-12-4-7-21-13(12)8-16-11-2-5-18(6-3-11)9-14(15)20/h4,7,11,16H,2-3,5-6,8-9H2,1H3,(H2,15,20)(H,17,19). The minimum atomic E-state index is -0.264. The van der Waals surface area contributed by atoms with Gasteiger partial charge in [-0.3, -0.25) is 14.5 Å². The predicted molar refractivity (Wildman–Crippen MR) is 84.1 cm³/mol. The first-order chi connectivity index (χ1) is 10.0. The van der Waals surface area contributed by atoms with Crippen LogP contribution in [-0.2, 0) is 16.1 Å². The summed E-state index contributed by atoms with van der Waals surface area (Å²) in [4.78, 5) is 25.2. The van der Waals surface area contributed by atoms with Crippen LogP contribution in [0.3, 0.4) is 0 Å². The Hall–Kier alpha value is -1.44. The number of nitrogens with zero attached hydrogens (tertiary/aromatic N) is 1. The second kappa shape index (κ2) is 7.53. The summed E-state index contributed by atoms with van der Waals surface area (Å²) in [7, 11) is 0. The highest BCUT2D eigenvalue weighted by molar-refractivity contribution is 7.10. The molecule has 1 fully saturated rings. The number of carbonyl (C=O) groups is 2. The van der Waals surface area contributed by atoms with Gasteiger partial charge in [0.15, 0.2) is 0 Å². The zero-order chi connectivity index (χ0) is 15.2. The number of carbonyl (C=O) groups excluding carboxylic acids is 2. The van der Waals surface area contributed by atoms with E-state index in [0.717, 1.165) is 43.0 Å². The van der Waals surface area contributed by atoms with Gasteiger partial charge in [0.05, 0.1) is 12.2 Å². The van der Waals surface area contributed by atoms with Crippen LogP contribution in [0.2, 0.25) is 0 Å². The predicted octanol–water partition coefficient (Wildman–Crippen LogP) is 0.746. The zero-order valence-electron chi connectivity index (χ0n) is 12.2. The molecule has 7 heteroatoms. The molecule has 21 heavy (non-hydrogen) atoms. The lowest BCUT2D eigenvalue weighted by Crippen LogP contribution is -2.45. The van der Waals surface area contributed by atoms with E-state index in [1.807, 2.05) is 11.4 Å². The van der Waals surface area contributed by atoms with Gasteiger partial charge in [-0.15, -0.1) is 11.3 Å². The van der Waals surface area contributed by atoms with Crippen molar-refractivity contribution in [3.8, 4) is 0 Å². The number of amides is 2. The van der Waals surface area contributed by atoms with Crippen LogP contribution in [0, 0.1) is 0 Å². The third-order valence-corrected chi connectivity index (χ3v) is 4.50. The molecule has 0 bridgehead atoms. The lowest BCUT2D eigenvalue weighted by atomic mass is 10.1. The van der Waals surface area contributed by atoms with E-state index in [2.05, 4.69) is 15.5 Å². The third kappa shape index (κ3) is 5.11. The number of nitrogens with two attached hydrogens (primary N) is 1. The van der Waals surface area contributed by atoms with Crippen molar-refractivity contribution in [2.75, 3.05) is 25.0 Å². The van der Waals surface area contributed by atoms with E-state index in [1.54, 1.807) is 11.3 Å². The smallest absolute Gasteiger partial charge is 0.231 e. The molecule has 0 atom stereocenters. The molecule has 1 aliphatic rings.